The minimum absolute atomic E-state index is 0.259. The minimum atomic E-state index is -0.377. The van der Waals surface area contributed by atoms with Crippen LogP contribution in [0.2, 0.25) is 0 Å². The Hall–Kier alpha value is -2.57. The molecular weight excluding hydrogens is 323 g/mol. The Morgan fingerprint density at radius 2 is 2.08 bits per heavy atom. The number of nitrogens with zero attached hydrogens (tertiary/aromatic N) is 2. The van der Waals surface area contributed by atoms with Gasteiger partial charge in [0.05, 0.1) is 25.4 Å². The van der Waals surface area contributed by atoms with E-state index in [1.54, 1.807) is 6.07 Å². The molecule has 2 rings (SSSR count). The van der Waals surface area contributed by atoms with Crippen LogP contribution in [0.5, 0.6) is 5.75 Å². The van der Waals surface area contributed by atoms with Crippen LogP contribution in [0.3, 0.4) is 0 Å². The molecule has 0 saturated carbocycles. The van der Waals surface area contributed by atoms with E-state index < -0.39 is 0 Å². The zero-order chi connectivity index (χ0) is 18.2. The summed E-state index contributed by atoms with van der Waals surface area (Å²) in [4.78, 5) is 8.79. The van der Waals surface area contributed by atoms with E-state index in [4.69, 9.17) is 9.15 Å². The van der Waals surface area contributed by atoms with Crippen molar-refractivity contribution >= 4 is 5.96 Å². The molecular formula is C18H25FN4O2. The third kappa shape index (κ3) is 5.48. The third-order valence-corrected chi connectivity index (χ3v) is 3.54. The second kappa shape index (κ2) is 9.05. The summed E-state index contributed by atoms with van der Waals surface area (Å²) in [5.41, 5.74) is 1.64. The van der Waals surface area contributed by atoms with Gasteiger partial charge in [0.2, 0.25) is 5.89 Å². The highest BCUT2D eigenvalue weighted by Crippen LogP contribution is 2.18. The quantitative estimate of drug-likeness (QED) is 0.594. The van der Waals surface area contributed by atoms with Crippen molar-refractivity contribution in [3.8, 4) is 5.75 Å². The van der Waals surface area contributed by atoms with Crippen molar-refractivity contribution in [1.82, 2.24) is 15.6 Å². The first-order valence-corrected chi connectivity index (χ1v) is 8.39. The van der Waals surface area contributed by atoms with Gasteiger partial charge < -0.3 is 19.8 Å². The van der Waals surface area contributed by atoms with Crippen LogP contribution in [0.25, 0.3) is 0 Å². The molecule has 0 fully saturated rings. The number of hydrogen-bond donors (Lipinski definition) is 2. The van der Waals surface area contributed by atoms with E-state index in [2.05, 4.69) is 20.6 Å². The molecule has 6 nitrogen and oxygen atoms in total. The zero-order valence-corrected chi connectivity index (χ0v) is 15.1. The Balaban J connectivity index is 2.00. The predicted molar refractivity (Wildman–Crippen MR) is 95.2 cm³/mol. The summed E-state index contributed by atoms with van der Waals surface area (Å²) in [5, 5.41) is 6.30. The number of aromatic nitrogens is 1. The average molecular weight is 348 g/mol. The zero-order valence-electron chi connectivity index (χ0n) is 15.1. The molecule has 1 aromatic carbocycles. The molecule has 7 heteroatoms. The van der Waals surface area contributed by atoms with Crippen LogP contribution in [0.15, 0.2) is 27.6 Å². The van der Waals surface area contributed by atoms with Crippen LogP contribution in [-0.4, -0.2) is 24.1 Å². The Morgan fingerprint density at radius 1 is 1.28 bits per heavy atom. The first-order valence-electron chi connectivity index (χ1n) is 8.39. The molecule has 0 amide bonds. The number of aryl methyl sites for hydroxylation is 2. The van der Waals surface area contributed by atoms with Crippen LogP contribution in [-0.2, 0) is 13.1 Å². The number of aliphatic imine (C=N–C) groups is 1. The second-order valence-electron chi connectivity index (χ2n) is 5.50. The van der Waals surface area contributed by atoms with E-state index in [1.807, 2.05) is 33.8 Å². The molecule has 0 aliphatic rings. The Labute approximate surface area is 147 Å². The average Bonchev–Trinajstić information content (AvgIpc) is 2.91. The lowest BCUT2D eigenvalue weighted by Gasteiger charge is -2.10. The molecule has 2 aromatic rings. The van der Waals surface area contributed by atoms with Gasteiger partial charge in [0.15, 0.2) is 17.5 Å². The molecule has 25 heavy (non-hydrogen) atoms. The summed E-state index contributed by atoms with van der Waals surface area (Å²) in [5.74, 6) is 1.91. The monoisotopic (exact) mass is 348 g/mol. The number of halogens is 1. The molecule has 1 heterocycles. The number of oxazole rings is 1. The van der Waals surface area contributed by atoms with E-state index in [-0.39, 0.29) is 11.6 Å². The van der Waals surface area contributed by atoms with Gasteiger partial charge in [0, 0.05) is 6.54 Å². The summed E-state index contributed by atoms with van der Waals surface area (Å²) < 4.78 is 24.6. The van der Waals surface area contributed by atoms with Gasteiger partial charge in [0.1, 0.15) is 5.76 Å². The van der Waals surface area contributed by atoms with Gasteiger partial charge in [-0.3, -0.25) is 0 Å². The van der Waals surface area contributed by atoms with Crippen LogP contribution in [0.1, 0.15) is 36.8 Å². The maximum absolute atomic E-state index is 13.9. The van der Waals surface area contributed by atoms with Gasteiger partial charge in [0.25, 0.3) is 0 Å². The van der Waals surface area contributed by atoms with Crippen molar-refractivity contribution in [3.63, 3.8) is 0 Å². The number of rotatable bonds is 7. The largest absolute Gasteiger partial charge is 0.491 e. The lowest BCUT2D eigenvalue weighted by atomic mass is 10.2. The normalized spacial score (nSPS) is 11.5. The molecule has 0 aliphatic carbocycles. The highest BCUT2D eigenvalue weighted by molar-refractivity contribution is 5.79. The minimum Gasteiger partial charge on any atom is -0.491 e. The van der Waals surface area contributed by atoms with Crippen molar-refractivity contribution in [3.05, 3.63) is 46.9 Å². The summed E-state index contributed by atoms with van der Waals surface area (Å²) in [6.07, 6.45) is 0. The van der Waals surface area contributed by atoms with Gasteiger partial charge in [-0.25, -0.2) is 14.4 Å². The van der Waals surface area contributed by atoms with Crippen LogP contribution in [0.4, 0.5) is 4.39 Å². The number of benzene rings is 1. The van der Waals surface area contributed by atoms with Crippen LogP contribution in [0, 0.1) is 19.7 Å². The highest BCUT2D eigenvalue weighted by atomic mass is 19.1. The SMILES string of the molecule is CCNC(=NCc1ccc(OCC)c(F)c1)NCc1nc(C)c(C)o1. The summed E-state index contributed by atoms with van der Waals surface area (Å²) in [6.45, 7) is 9.51. The third-order valence-electron chi connectivity index (χ3n) is 3.54. The molecule has 0 spiro atoms. The molecule has 1 aromatic heterocycles. The lowest BCUT2D eigenvalue weighted by molar-refractivity contribution is 0.321. The van der Waals surface area contributed by atoms with Crippen molar-refractivity contribution in [2.24, 2.45) is 4.99 Å². The Morgan fingerprint density at radius 3 is 2.68 bits per heavy atom. The highest BCUT2D eigenvalue weighted by Gasteiger charge is 2.07. The van der Waals surface area contributed by atoms with Crippen LogP contribution < -0.4 is 15.4 Å². The van der Waals surface area contributed by atoms with Gasteiger partial charge in [-0.15, -0.1) is 0 Å². The maximum atomic E-state index is 13.9. The molecule has 0 atom stereocenters. The van der Waals surface area contributed by atoms with Crippen molar-refractivity contribution in [1.29, 1.82) is 0 Å². The summed E-state index contributed by atoms with van der Waals surface area (Å²) in [7, 11) is 0. The van der Waals surface area contributed by atoms with Gasteiger partial charge >= 0.3 is 0 Å². The first kappa shape index (κ1) is 18.8. The van der Waals surface area contributed by atoms with Crippen LogP contribution >= 0.6 is 0 Å². The summed E-state index contributed by atoms with van der Waals surface area (Å²) >= 11 is 0. The molecule has 0 aliphatic heterocycles. The predicted octanol–water partition coefficient (Wildman–Crippen LogP) is 3.08. The molecule has 2 N–H and O–H groups in total. The maximum Gasteiger partial charge on any atom is 0.214 e. The Bertz CT molecular complexity index is 708. The van der Waals surface area contributed by atoms with E-state index in [1.165, 1.54) is 6.07 Å². The molecule has 0 saturated heterocycles. The summed E-state index contributed by atoms with van der Waals surface area (Å²) in [6, 6.07) is 4.88. The van der Waals surface area contributed by atoms with Crippen molar-refractivity contribution < 1.29 is 13.5 Å². The fourth-order valence-electron chi connectivity index (χ4n) is 2.20. The smallest absolute Gasteiger partial charge is 0.214 e. The Kier molecular flexibility index (Phi) is 6.80. The number of ether oxygens (including phenoxy) is 1. The van der Waals surface area contributed by atoms with E-state index in [9.17, 15) is 4.39 Å². The van der Waals surface area contributed by atoms with Crippen molar-refractivity contribution in [2.75, 3.05) is 13.2 Å². The lowest BCUT2D eigenvalue weighted by Crippen LogP contribution is -2.36. The fraction of sp³-hybridized carbons (Fsp3) is 0.444. The number of guanidine groups is 1. The second-order valence-corrected chi connectivity index (χ2v) is 5.50. The number of nitrogens with one attached hydrogen (secondary N) is 2. The molecule has 0 radical (unpaired) electrons. The molecule has 0 unspecified atom stereocenters. The molecule has 136 valence electrons. The fourth-order valence-corrected chi connectivity index (χ4v) is 2.20. The van der Waals surface area contributed by atoms with E-state index in [0.29, 0.717) is 38.1 Å². The standard InChI is InChI=1S/C18H25FN4O2/c1-5-20-18(22-11-17-23-12(3)13(4)25-17)21-10-14-7-8-16(24-6-2)15(19)9-14/h7-9H,5-6,10-11H2,1-4H3,(H2,20,21,22). The number of hydrogen-bond acceptors (Lipinski definition) is 4. The van der Waals surface area contributed by atoms with Gasteiger partial charge in [-0.2, -0.15) is 0 Å². The van der Waals surface area contributed by atoms with Crippen molar-refractivity contribution in [2.45, 2.75) is 40.8 Å². The van der Waals surface area contributed by atoms with Gasteiger partial charge in [-0.1, -0.05) is 6.07 Å². The topological polar surface area (TPSA) is 71.7 Å². The molecule has 0 bridgehead atoms. The van der Waals surface area contributed by atoms with E-state index in [0.717, 1.165) is 17.0 Å². The van der Waals surface area contributed by atoms with Gasteiger partial charge in [-0.05, 0) is 45.4 Å². The van der Waals surface area contributed by atoms with E-state index >= 15 is 0 Å². The first-order chi connectivity index (χ1) is 12.0.